The van der Waals surface area contributed by atoms with Crippen molar-refractivity contribution < 1.29 is 4.52 Å². The fourth-order valence-corrected chi connectivity index (χ4v) is 1.62. The lowest BCUT2D eigenvalue weighted by Gasteiger charge is -2.11. The molecule has 2 aromatic rings. The standard InChI is InChI=1S/C9H11N3OS/c1-9(2,10)8-11-7(13-12-8)6-3-4-14-5-6/h3-5H,10H2,1-2H3. The van der Waals surface area contributed by atoms with Gasteiger partial charge in [-0.25, -0.2) is 0 Å². The van der Waals surface area contributed by atoms with Gasteiger partial charge in [0.25, 0.3) is 5.89 Å². The molecule has 5 heteroatoms. The lowest BCUT2D eigenvalue weighted by atomic mass is 10.1. The Labute approximate surface area is 85.7 Å². The summed E-state index contributed by atoms with van der Waals surface area (Å²) in [4.78, 5) is 4.23. The van der Waals surface area contributed by atoms with Crippen LogP contribution in [0.25, 0.3) is 11.5 Å². The van der Waals surface area contributed by atoms with E-state index in [0.717, 1.165) is 5.56 Å². The van der Waals surface area contributed by atoms with Crippen molar-refractivity contribution in [2.45, 2.75) is 19.4 Å². The highest BCUT2D eigenvalue weighted by Gasteiger charge is 2.21. The fourth-order valence-electron chi connectivity index (χ4n) is 0.989. The van der Waals surface area contributed by atoms with Crippen LogP contribution in [0.2, 0.25) is 0 Å². The number of aromatic nitrogens is 2. The van der Waals surface area contributed by atoms with Crippen molar-refractivity contribution >= 4 is 11.3 Å². The van der Waals surface area contributed by atoms with Crippen LogP contribution in [0, 0.1) is 0 Å². The molecule has 0 amide bonds. The van der Waals surface area contributed by atoms with E-state index in [1.807, 2.05) is 30.7 Å². The Kier molecular flexibility index (Phi) is 2.13. The van der Waals surface area contributed by atoms with Crippen molar-refractivity contribution in [1.29, 1.82) is 0 Å². The second-order valence-electron chi connectivity index (χ2n) is 3.66. The Hall–Kier alpha value is -1.20. The van der Waals surface area contributed by atoms with Crippen molar-refractivity contribution in [3.8, 4) is 11.5 Å². The van der Waals surface area contributed by atoms with Crippen molar-refractivity contribution in [2.24, 2.45) is 5.73 Å². The zero-order valence-electron chi connectivity index (χ0n) is 8.02. The summed E-state index contributed by atoms with van der Waals surface area (Å²) in [5.41, 5.74) is 6.23. The normalized spacial score (nSPS) is 11.9. The highest BCUT2D eigenvalue weighted by Crippen LogP contribution is 2.22. The molecular formula is C9H11N3OS. The Morgan fingerprint density at radius 2 is 2.29 bits per heavy atom. The van der Waals surface area contributed by atoms with Crippen molar-refractivity contribution in [2.75, 3.05) is 0 Å². The highest BCUT2D eigenvalue weighted by molar-refractivity contribution is 7.08. The van der Waals surface area contributed by atoms with Crippen LogP contribution >= 0.6 is 11.3 Å². The first-order valence-corrected chi connectivity index (χ1v) is 5.17. The van der Waals surface area contributed by atoms with Crippen LogP contribution in [0.3, 0.4) is 0 Å². The quantitative estimate of drug-likeness (QED) is 0.821. The number of thiophene rings is 1. The summed E-state index contributed by atoms with van der Waals surface area (Å²) in [7, 11) is 0. The van der Waals surface area contributed by atoms with E-state index in [2.05, 4.69) is 10.1 Å². The van der Waals surface area contributed by atoms with Crippen LogP contribution in [0.15, 0.2) is 21.3 Å². The van der Waals surface area contributed by atoms with Gasteiger partial charge in [0.05, 0.1) is 11.1 Å². The average molecular weight is 209 g/mol. The number of nitrogens with zero attached hydrogens (tertiary/aromatic N) is 2. The summed E-state index contributed by atoms with van der Waals surface area (Å²) in [6, 6.07) is 1.94. The van der Waals surface area contributed by atoms with Crippen LogP contribution in [-0.4, -0.2) is 10.1 Å². The second kappa shape index (κ2) is 3.18. The smallest absolute Gasteiger partial charge is 0.258 e. The molecule has 74 valence electrons. The van der Waals surface area contributed by atoms with Gasteiger partial charge in [-0.15, -0.1) is 0 Å². The van der Waals surface area contributed by atoms with Gasteiger partial charge in [0, 0.05) is 5.38 Å². The first kappa shape index (κ1) is 9.36. The minimum atomic E-state index is -0.558. The third-order valence-corrected chi connectivity index (χ3v) is 2.45. The van der Waals surface area contributed by atoms with Crippen LogP contribution < -0.4 is 5.73 Å². The molecule has 0 fully saturated rings. The van der Waals surface area contributed by atoms with Gasteiger partial charge < -0.3 is 10.3 Å². The van der Waals surface area contributed by atoms with E-state index in [9.17, 15) is 0 Å². The van der Waals surface area contributed by atoms with E-state index in [1.54, 1.807) is 11.3 Å². The van der Waals surface area contributed by atoms with Crippen molar-refractivity contribution in [1.82, 2.24) is 10.1 Å². The van der Waals surface area contributed by atoms with E-state index in [1.165, 1.54) is 0 Å². The van der Waals surface area contributed by atoms with Crippen LogP contribution in [0.4, 0.5) is 0 Å². The molecule has 2 rings (SSSR count). The summed E-state index contributed by atoms with van der Waals surface area (Å²) in [5.74, 6) is 1.05. The topological polar surface area (TPSA) is 64.9 Å². The zero-order chi connectivity index (χ0) is 10.2. The predicted molar refractivity (Wildman–Crippen MR) is 54.8 cm³/mol. The molecule has 0 bridgehead atoms. The molecule has 0 saturated carbocycles. The number of hydrogen-bond acceptors (Lipinski definition) is 5. The van der Waals surface area contributed by atoms with Gasteiger partial charge in [-0.3, -0.25) is 0 Å². The SMILES string of the molecule is CC(C)(N)c1noc(-c2ccsc2)n1. The summed E-state index contributed by atoms with van der Waals surface area (Å²) in [5, 5.41) is 7.76. The first-order chi connectivity index (χ1) is 6.57. The molecule has 14 heavy (non-hydrogen) atoms. The summed E-state index contributed by atoms with van der Waals surface area (Å²) in [6.07, 6.45) is 0. The van der Waals surface area contributed by atoms with Gasteiger partial charge in [0.1, 0.15) is 0 Å². The molecule has 2 heterocycles. The van der Waals surface area contributed by atoms with Crippen LogP contribution in [0.5, 0.6) is 0 Å². The minimum Gasteiger partial charge on any atom is -0.334 e. The molecule has 0 saturated heterocycles. The van der Waals surface area contributed by atoms with Gasteiger partial charge in [-0.05, 0) is 25.3 Å². The van der Waals surface area contributed by atoms with Crippen LogP contribution in [0.1, 0.15) is 19.7 Å². The molecule has 0 aliphatic carbocycles. The maximum Gasteiger partial charge on any atom is 0.258 e. The first-order valence-electron chi connectivity index (χ1n) is 4.23. The van der Waals surface area contributed by atoms with Gasteiger partial charge in [0.15, 0.2) is 5.82 Å². The Bertz CT molecular complexity index is 413. The maximum atomic E-state index is 5.84. The largest absolute Gasteiger partial charge is 0.334 e. The van der Waals surface area contributed by atoms with E-state index in [4.69, 9.17) is 10.3 Å². The summed E-state index contributed by atoms with van der Waals surface area (Å²) >= 11 is 1.59. The third-order valence-electron chi connectivity index (χ3n) is 1.77. The molecular weight excluding hydrogens is 198 g/mol. The summed E-state index contributed by atoms with van der Waals surface area (Å²) < 4.78 is 5.10. The minimum absolute atomic E-state index is 0.527. The maximum absolute atomic E-state index is 5.84. The predicted octanol–water partition coefficient (Wildman–Crippen LogP) is 1.99. The van der Waals surface area contributed by atoms with Gasteiger partial charge in [-0.1, -0.05) is 5.16 Å². The zero-order valence-corrected chi connectivity index (χ0v) is 8.84. The van der Waals surface area contributed by atoms with E-state index in [0.29, 0.717) is 11.7 Å². The number of rotatable bonds is 2. The molecule has 0 aliphatic rings. The van der Waals surface area contributed by atoms with E-state index >= 15 is 0 Å². The fraction of sp³-hybridized carbons (Fsp3) is 0.333. The Balaban J connectivity index is 2.36. The third kappa shape index (κ3) is 1.69. The highest BCUT2D eigenvalue weighted by atomic mass is 32.1. The summed E-state index contributed by atoms with van der Waals surface area (Å²) in [6.45, 7) is 3.69. The molecule has 0 unspecified atom stereocenters. The number of hydrogen-bond donors (Lipinski definition) is 1. The van der Waals surface area contributed by atoms with Gasteiger partial charge in [-0.2, -0.15) is 16.3 Å². The van der Waals surface area contributed by atoms with Crippen molar-refractivity contribution in [3.05, 3.63) is 22.7 Å². The lowest BCUT2D eigenvalue weighted by Crippen LogP contribution is -2.30. The van der Waals surface area contributed by atoms with E-state index < -0.39 is 5.54 Å². The van der Waals surface area contributed by atoms with Gasteiger partial charge >= 0.3 is 0 Å². The molecule has 2 N–H and O–H groups in total. The second-order valence-corrected chi connectivity index (χ2v) is 4.44. The lowest BCUT2D eigenvalue weighted by molar-refractivity contribution is 0.397. The molecule has 2 aromatic heterocycles. The van der Waals surface area contributed by atoms with Crippen molar-refractivity contribution in [3.63, 3.8) is 0 Å². The van der Waals surface area contributed by atoms with Gasteiger partial charge in [0.2, 0.25) is 0 Å². The van der Waals surface area contributed by atoms with E-state index in [-0.39, 0.29) is 0 Å². The Morgan fingerprint density at radius 3 is 2.79 bits per heavy atom. The Morgan fingerprint density at radius 1 is 1.50 bits per heavy atom. The molecule has 4 nitrogen and oxygen atoms in total. The molecule has 0 radical (unpaired) electrons. The molecule has 0 aromatic carbocycles. The number of nitrogens with two attached hydrogens (primary N) is 1. The van der Waals surface area contributed by atoms with Crippen LogP contribution in [-0.2, 0) is 5.54 Å². The molecule has 0 spiro atoms. The molecule has 0 atom stereocenters. The average Bonchev–Trinajstić information content (AvgIpc) is 2.73. The molecule has 0 aliphatic heterocycles. The monoisotopic (exact) mass is 209 g/mol.